The van der Waals surface area contributed by atoms with Crippen LogP contribution in [0, 0.1) is 0 Å². The minimum Gasteiger partial charge on any atom is -0.376 e. The van der Waals surface area contributed by atoms with Gasteiger partial charge in [0.1, 0.15) is 0 Å². The number of halogens is 1. The van der Waals surface area contributed by atoms with Crippen molar-refractivity contribution in [2.45, 2.75) is 23.8 Å². The molecule has 0 bridgehead atoms. The SMILES string of the molecule is O=C(CNS(=O)(=O)c1ccc(Cl)cc1)NCC1CCCO1. The quantitative estimate of drug-likeness (QED) is 0.811. The molecule has 0 spiro atoms. The van der Waals surface area contributed by atoms with Crippen molar-refractivity contribution in [1.29, 1.82) is 0 Å². The Morgan fingerprint density at radius 3 is 2.67 bits per heavy atom. The zero-order valence-electron chi connectivity index (χ0n) is 11.3. The second-order valence-corrected chi connectivity index (χ2v) is 6.92. The summed E-state index contributed by atoms with van der Waals surface area (Å²) >= 11 is 5.70. The summed E-state index contributed by atoms with van der Waals surface area (Å²) in [5, 5.41) is 3.09. The number of carbonyl (C=O) groups excluding carboxylic acids is 1. The predicted molar refractivity (Wildman–Crippen MR) is 78.6 cm³/mol. The Morgan fingerprint density at radius 2 is 2.05 bits per heavy atom. The lowest BCUT2D eigenvalue weighted by molar-refractivity contribution is -0.120. The van der Waals surface area contributed by atoms with E-state index >= 15 is 0 Å². The van der Waals surface area contributed by atoms with E-state index in [1.807, 2.05) is 0 Å². The van der Waals surface area contributed by atoms with E-state index < -0.39 is 10.0 Å². The van der Waals surface area contributed by atoms with E-state index in [0.29, 0.717) is 18.2 Å². The summed E-state index contributed by atoms with van der Waals surface area (Å²) in [4.78, 5) is 11.7. The van der Waals surface area contributed by atoms with Gasteiger partial charge >= 0.3 is 0 Å². The van der Waals surface area contributed by atoms with Crippen LogP contribution >= 0.6 is 11.6 Å². The summed E-state index contributed by atoms with van der Waals surface area (Å²) < 4.78 is 31.5. The van der Waals surface area contributed by atoms with Crippen LogP contribution in [-0.2, 0) is 19.6 Å². The van der Waals surface area contributed by atoms with Gasteiger partial charge in [-0.15, -0.1) is 0 Å². The van der Waals surface area contributed by atoms with Gasteiger partial charge < -0.3 is 10.1 Å². The van der Waals surface area contributed by atoms with Gasteiger partial charge in [-0.25, -0.2) is 13.1 Å². The van der Waals surface area contributed by atoms with Gasteiger partial charge in [0.2, 0.25) is 15.9 Å². The molecule has 1 atom stereocenters. The van der Waals surface area contributed by atoms with E-state index in [-0.39, 0.29) is 23.5 Å². The minimum absolute atomic E-state index is 0.0295. The molecule has 21 heavy (non-hydrogen) atoms. The summed E-state index contributed by atoms with van der Waals surface area (Å²) in [6.07, 6.45) is 1.93. The van der Waals surface area contributed by atoms with Crippen molar-refractivity contribution in [3.8, 4) is 0 Å². The molecule has 2 N–H and O–H groups in total. The Labute approximate surface area is 128 Å². The van der Waals surface area contributed by atoms with Crippen molar-refractivity contribution in [3.05, 3.63) is 29.3 Å². The maximum Gasteiger partial charge on any atom is 0.241 e. The molecule has 1 aromatic carbocycles. The smallest absolute Gasteiger partial charge is 0.241 e. The fourth-order valence-electron chi connectivity index (χ4n) is 1.95. The highest BCUT2D eigenvalue weighted by Crippen LogP contribution is 2.13. The van der Waals surface area contributed by atoms with Crippen LogP contribution in [-0.4, -0.2) is 40.1 Å². The summed E-state index contributed by atoms with van der Waals surface area (Å²) in [5.74, 6) is -0.386. The molecule has 1 aromatic rings. The van der Waals surface area contributed by atoms with E-state index in [9.17, 15) is 13.2 Å². The van der Waals surface area contributed by atoms with E-state index in [1.54, 1.807) is 0 Å². The molecular weight excluding hydrogens is 316 g/mol. The Hall–Kier alpha value is -1.15. The van der Waals surface area contributed by atoms with Crippen LogP contribution in [0.5, 0.6) is 0 Å². The molecule has 116 valence electrons. The highest BCUT2D eigenvalue weighted by atomic mass is 35.5. The lowest BCUT2D eigenvalue weighted by Crippen LogP contribution is -2.39. The van der Waals surface area contributed by atoms with Crippen LogP contribution in [0.25, 0.3) is 0 Å². The molecule has 1 aliphatic heterocycles. The molecule has 2 rings (SSSR count). The normalized spacial score (nSPS) is 18.6. The van der Waals surface area contributed by atoms with E-state index in [1.165, 1.54) is 24.3 Å². The van der Waals surface area contributed by atoms with Crippen LogP contribution < -0.4 is 10.0 Å². The van der Waals surface area contributed by atoms with E-state index in [4.69, 9.17) is 16.3 Å². The van der Waals surface area contributed by atoms with Gasteiger partial charge in [-0.2, -0.15) is 0 Å². The third-order valence-electron chi connectivity index (χ3n) is 3.10. The average Bonchev–Trinajstić information content (AvgIpc) is 2.97. The number of benzene rings is 1. The first-order valence-electron chi connectivity index (χ1n) is 6.61. The topological polar surface area (TPSA) is 84.5 Å². The van der Waals surface area contributed by atoms with Gasteiger partial charge in [0.15, 0.2) is 0 Å². The Bertz CT molecular complexity index is 583. The summed E-state index contributed by atoms with van der Waals surface area (Å²) in [5.41, 5.74) is 0. The third-order valence-corrected chi connectivity index (χ3v) is 4.77. The Kier molecular flexibility index (Phi) is 5.58. The standard InChI is InChI=1S/C13H17ClN2O4S/c14-10-3-5-12(6-4-10)21(18,19)16-9-13(17)15-8-11-2-1-7-20-11/h3-6,11,16H,1-2,7-9H2,(H,15,17). The zero-order valence-corrected chi connectivity index (χ0v) is 12.9. The lowest BCUT2D eigenvalue weighted by atomic mass is 10.2. The number of hydrogen-bond acceptors (Lipinski definition) is 4. The molecule has 1 saturated heterocycles. The van der Waals surface area contributed by atoms with Gasteiger partial charge in [0.25, 0.3) is 0 Å². The molecular formula is C13H17ClN2O4S. The monoisotopic (exact) mass is 332 g/mol. The highest BCUT2D eigenvalue weighted by Gasteiger charge is 2.18. The Balaban J connectivity index is 1.80. The molecule has 0 aliphatic carbocycles. The number of rotatable bonds is 6. The minimum atomic E-state index is -3.71. The van der Waals surface area contributed by atoms with Gasteiger partial charge in [-0.3, -0.25) is 4.79 Å². The Morgan fingerprint density at radius 1 is 1.33 bits per heavy atom. The number of ether oxygens (including phenoxy) is 1. The van der Waals surface area contributed by atoms with Crippen molar-refractivity contribution in [2.75, 3.05) is 19.7 Å². The molecule has 1 fully saturated rings. The molecule has 6 nitrogen and oxygen atoms in total. The molecule has 1 amide bonds. The first-order chi connectivity index (χ1) is 9.97. The van der Waals surface area contributed by atoms with Crippen molar-refractivity contribution < 1.29 is 17.9 Å². The van der Waals surface area contributed by atoms with Crippen molar-refractivity contribution in [3.63, 3.8) is 0 Å². The molecule has 0 radical (unpaired) electrons. The summed E-state index contributed by atoms with van der Waals surface area (Å²) in [7, 11) is -3.71. The summed E-state index contributed by atoms with van der Waals surface area (Å²) in [6.45, 7) is 0.808. The predicted octanol–water partition coefficient (Wildman–Crippen LogP) is 0.913. The summed E-state index contributed by atoms with van der Waals surface area (Å²) in [6, 6.07) is 5.73. The number of carbonyl (C=O) groups is 1. The van der Waals surface area contributed by atoms with E-state index in [0.717, 1.165) is 12.8 Å². The van der Waals surface area contributed by atoms with E-state index in [2.05, 4.69) is 10.0 Å². The number of amides is 1. The maximum absolute atomic E-state index is 11.9. The van der Waals surface area contributed by atoms with Crippen LogP contribution in [0.2, 0.25) is 5.02 Å². The lowest BCUT2D eigenvalue weighted by Gasteiger charge is -2.11. The molecule has 0 aromatic heterocycles. The first kappa shape index (κ1) is 16.2. The number of hydrogen-bond donors (Lipinski definition) is 2. The second kappa shape index (κ2) is 7.22. The molecule has 8 heteroatoms. The van der Waals surface area contributed by atoms with Gasteiger partial charge in [-0.1, -0.05) is 11.6 Å². The van der Waals surface area contributed by atoms with Gasteiger partial charge in [0, 0.05) is 18.2 Å². The van der Waals surface area contributed by atoms with Crippen LogP contribution in [0.4, 0.5) is 0 Å². The number of nitrogens with one attached hydrogen (secondary N) is 2. The molecule has 1 unspecified atom stereocenters. The van der Waals surface area contributed by atoms with Crippen LogP contribution in [0.3, 0.4) is 0 Å². The highest BCUT2D eigenvalue weighted by molar-refractivity contribution is 7.89. The average molecular weight is 333 g/mol. The van der Waals surface area contributed by atoms with Gasteiger partial charge in [0.05, 0.1) is 17.5 Å². The largest absolute Gasteiger partial charge is 0.376 e. The van der Waals surface area contributed by atoms with Crippen molar-refractivity contribution in [2.24, 2.45) is 0 Å². The van der Waals surface area contributed by atoms with Crippen molar-refractivity contribution >= 4 is 27.5 Å². The maximum atomic E-state index is 11.9. The number of sulfonamides is 1. The van der Waals surface area contributed by atoms with Gasteiger partial charge in [-0.05, 0) is 37.1 Å². The van der Waals surface area contributed by atoms with Crippen LogP contribution in [0.1, 0.15) is 12.8 Å². The van der Waals surface area contributed by atoms with Crippen molar-refractivity contribution in [1.82, 2.24) is 10.0 Å². The molecule has 1 aliphatic rings. The molecule has 0 saturated carbocycles. The molecule has 1 heterocycles. The zero-order chi connectivity index (χ0) is 15.3. The fraction of sp³-hybridized carbons (Fsp3) is 0.462. The second-order valence-electron chi connectivity index (χ2n) is 4.72. The third kappa shape index (κ3) is 4.96. The fourth-order valence-corrected chi connectivity index (χ4v) is 3.06. The van der Waals surface area contributed by atoms with Crippen LogP contribution in [0.15, 0.2) is 29.2 Å². The first-order valence-corrected chi connectivity index (χ1v) is 8.47.